The van der Waals surface area contributed by atoms with E-state index in [0.717, 1.165) is 29.7 Å². The zero-order valence-corrected chi connectivity index (χ0v) is 19.0. The van der Waals surface area contributed by atoms with Crippen molar-refractivity contribution >= 4 is 29.2 Å². The number of benzene rings is 2. The Balaban J connectivity index is 1.47. The molecular formula is C23H21N5O5S. The summed E-state index contributed by atoms with van der Waals surface area (Å²) >= 11 is 1.40. The number of non-ortho nitro benzene ring substituents is 1. The van der Waals surface area contributed by atoms with Crippen LogP contribution in [0, 0.1) is 10.1 Å². The number of rotatable bonds is 6. The third-order valence-corrected chi connectivity index (χ3v) is 6.79. The van der Waals surface area contributed by atoms with Crippen LogP contribution in [-0.2, 0) is 10.5 Å². The van der Waals surface area contributed by atoms with Gasteiger partial charge in [0.05, 0.1) is 12.0 Å². The average molecular weight is 480 g/mol. The summed E-state index contributed by atoms with van der Waals surface area (Å²) in [6.07, 6.45) is 1.98. The van der Waals surface area contributed by atoms with E-state index in [9.17, 15) is 20.0 Å². The predicted molar refractivity (Wildman–Crippen MR) is 125 cm³/mol. The Hall–Kier alpha value is -3.86. The van der Waals surface area contributed by atoms with Crippen molar-refractivity contribution in [3.05, 3.63) is 75.0 Å². The Morgan fingerprint density at radius 3 is 2.79 bits per heavy atom. The number of thioether (sulfide) groups is 1. The molecule has 0 saturated heterocycles. The first-order valence-electron chi connectivity index (χ1n) is 10.7. The smallest absolute Gasteiger partial charge is 0.269 e. The summed E-state index contributed by atoms with van der Waals surface area (Å²) in [5, 5.41) is 29.4. The number of carbonyl (C=O) groups excluding carboxylic acids is 1. The van der Waals surface area contributed by atoms with E-state index in [1.54, 1.807) is 35.0 Å². The van der Waals surface area contributed by atoms with Gasteiger partial charge in [-0.1, -0.05) is 30.0 Å². The summed E-state index contributed by atoms with van der Waals surface area (Å²) in [4.78, 5) is 28.0. The zero-order valence-electron chi connectivity index (χ0n) is 18.2. The van der Waals surface area contributed by atoms with Crippen LogP contribution >= 0.6 is 11.8 Å². The van der Waals surface area contributed by atoms with Gasteiger partial charge in [-0.15, -0.1) is 5.10 Å². The molecule has 2 N–H and O–H groups in total. The van der Waals surface area contributed by atoms with Gasteiger partial charge in [0.1, 0.15) is 6.04 Å². The van der Waals surface area contributed by atoms with Crippen LogP contribution in [0.3, 0.4) is 0 Å². The fraction of sp³-hybridized carbons (Fsp3) is 0.261. The monoisotopic (exact) mass is 479 g/mol. The molecule has 0 fully saturated rings. The summed E-state index contributed by atoms with van der Waals surface area (Å²) in [6, 6.07) is 10.9. The maximum atomic E-state index is 12.9. The van der Waals surface area contributed by atoms with Crippen molar-refractivity contribution in [1.82, 2.24) is 14.8 Å². The molecule has 2 aromatic carbocycles. The number of phenolic OH excluding ortho intramolecular Hbond substituents is 1. The van der Waals surface area contributed by atoms with Crippen LogP contribution in [0.2, 0.25) is 0 Å². The van der Waals surface area contributed by atoms with Gasteiger partial charge in [0, 0.05) is 35.6 Å². The van der Waals surface area contributed by atoms with Crippen molar-refractivity contribution in [2.45, 2.75) is 36.2 Å². The van der Waals surface area contributed by atoms with Crippen LogP contribution in [0.15, 0.2) is 58.9 Å². The quantitative estimate of drug-likeness (QED) is 0.303. The minimum atomic E-state index is -0.491. The number of nitro benzene ring substituents is 1. The molecular weight excluding hydrogens is 458 g/mol. The van der Waals surface area contributed by atoms with Gasteiger partial charge in [0.15, 0.2) is 17.3 Å². The third-order valence-electron chi connectivity index (χ3n) is 5.88. The molecule has 0 bridgehead atoms. The molecule has 5 rings (SSSR count). The van der Waals surface area contributed by atoms with Crippen molar-refractivity contribution < 1.29 is 19.6 Å². The Labute approximate surface area is 198 Å². The van der Waals surface area contributed by atoms with E-state index >= 15 is 0 Å². The highest BCUT2D eigenvalue weighted by Gasteiger charge is 2.37. The number of aromatic hydroxyl groups is 1. The Bertz CT molecular complexity index is 1320. The van der Waals surface area contributed by atoms with Crippen molar-refractivity contribution in [2.75, 3.05) is 12.4 Å². The summed E-state index contributed by atoms with van der Waals surface area (Å²) in [5.41, 5.74) is 3.21. The molecule has 0 spiro atoms. The number of allylic oxidation sites excluding steroid dienone is 2. The molecule has 174 valence electrons. The number of nitrogens with one attached hydrogen (secondary N) is 1. The fourth-order valence-corrected chi connectivity index (χ4v) is 5.02. The molecule has 3 aromatic rings. The second-order valence-corrected chi connectivity index (χ2v) is 8.95. The number of phenols is 1. The van der Waals surface area contributed by atoms with E-state index in [1.807, 2.05) is 0 Å². The molecule has 2 heterocycles. The number of ether oxygens (including phenoxy) is 1. The van der Waals surface area contributed by atoms with Gasteiger partial charge in [0.2, 0.25) is 11.1 Å². The minimum absolute atomic E-state index is 0.0162. The van der Waals surface area contributed by atoms with Gasteiger partial charge >= 0.3 is 0 Å². The average Bonchev–Trinajstić information content (AvgIpc) is 3.25. The number of fused-ring (bicyclic) bond motifs is 1. The molecule has 0 radical (unpaired) electrons. The molecule has 1 aliphatic carbocycles. The van der Waals surface area contributed by atoms with Crippen LogP contribution in [0.25, 0.3) is 0 Å². The first-order chi connectivity index (χ1) is 16.4. The lowest BCUT2D eigenvalue weighted by Gasteiger charge is -2.32. The fourth-order valence-electron chi connectivity index (χ4n) is 4.23. The largest absolute Gasteiger partial charge is 0.504 e. The van der Waals surface area contributed by atoms with Crippen LogP contribution < -0.4 is 10.1 Å². The summed E-state index contributed by atoms with van der Waals surface area (Å²) < 4.78 is 6.99. The molecule has 10 nitrogen and oxygen atoms in total. The van der Waals surface area contributed by atoms with E-state index in [0.29, 0.717) is 34.6 Å². The maximum absolute atomic E-state index is 12.9. The van der Waals surface area contributed by atoms with Gasteiger partial charge in [0.25, 0.3) is 5.69 Å². The Kier molecular flexibility index (Phi) is 5.70. The van der Waals surface area contributed by atoms with Gasteiger partial charge in [-0.3, -0.25) is 14.9 Å². The number of ketones is 1. The summed E-state index contributed by atoms with van der Waals surface area (Å²) in [7, 11) is 1.48. The van der Waals surface area contributed by atoms with Gasteiger partial charge in [-0.2, -0.15) is 4.98 Å². The molecule has 1 unspecified atom stereocenters. The van der Waals surface area contributed by atoms with Crippen LogP contribution in [0.4, 0.5) is 11.6 Å². The minimum Gasteiger partial charge on any atom is -0.504 e. The maximum Gasteiger partial charge on any atom is 0.269 e. The van der Waals surface area contributed by atoms with Crippen molar-refractivity contribution in [3.63, 3.8) is 0 Å². The number of aromatic nitrogens is 3. The second-order valence-electron chi connectivity index (χ2n) is 8.00. The molecule has 2 aliphatic rings. The lowest BCUT2D eigenvalue weighted by Crippen LogP contribution is -2.31. The van der Waals surface area contributed by atoms with Gasteiger partial charge < -0.3 is 15.2 Å². The second kappa shape index (κ2) is 8.82. The summed E-state index contributed by atoms with van der Waals surface area (Å²) in [5.74, 6) is 1.47. The highest BCUT2D eigenvalue weighted by molar-refractivity contribution is 7.98. The van der Waals surface area contributed by atoms with Gasteiger partial charge in [-0.25, -0.2) is 4.68 Å². The summed E-state index contributed by atoms with van der Waals surface area (Å²) in [6.45, 7) is 0. The number of hydrogen-bond acceptors (Lipinski definition) is 9. The van der Waals surface area contributed by atoms with Crippen molar-refractivity contribution in [3.8, 4) is 11.5 Å². The molecule has 1 atom stereocenters. The van der Waals surface area contributed by atoms with Crippen LogP contribution in [0.5, 0.6) is 11.5 Å². The number of methoxy groups -OCH3 is 1. The van der Waals surface area contributed by atoms with E-state index in [2.05, 4.69) is 15.4 Å². The van der Waals surface area contributed by atoms with Crippen LogP contribution in [-0.4, -0.2) is 37.7 Å². The molecule has 0 amide bonds. The molecule has 0 saturated carbocycles. The number of hydrogen-bond donors (Lipinski definition) is 2. The highest BCUT2D eigenvalue weighted by atomic mass is 32.2. The highest BCUT2D eigenvalue weighted by Crippen LogP contribution is 2.42. The molecule has 34 heavy (non-hydrogen) atoms. The van der Waals surface area contributed by atoms with E-state index in [1.165, 1.54) is 31.0 Å². The SMILES string of the molecule is COc1cc(C2C3=C(CCCC3=O)Nc3nc(SCc4ccc([N+](=O)[O-])cc4)nn32)ccc1O. The topological polar surface area (TPSA) is 132 Å². The Morgan fingerprint density at radius 2 is 2.06 bits per heavy atom. The van der Waals surface area contributed by atoms with E-state index < -0.39 is 11.0 Å². The molecule has 1 aromatic heterocycles. The van der Waals surface area contributed by atoms with E-state index in [4.69, 9.17) is 4.74 Å². The van der Waals surface area contributed by atoms with Crippen LogP contribution in [0.1, 0.15) is 36.4 Å². The normalized spacial score (nSPS) is 17.1. The van der Waals surface area contributed by atoms with Crippen molar-refractivity contribution in [2.24, 2.45) is 0 Å². The predicted octanol–water partition coefficient (Wildman–Crippen LogP) is 4.21. The van der Waals surface area contributed by atoms with Gasteiger partial charge in [-0.05, 0) is 36.1 Å². The third kappa shape index (κ3) is 3.98. The number of nitrogens with zero attached hydrogens (tertiary/aromatic N) is 4. The zero-order chi connectivity index (χ0) is 23.8. The number of anilines is 1. The van der Waals surface area contributed by atoms with E-state index in [-0.39, 0.29) is 17.2 Å². The standard InChI is InChI=1S/C23H21N5O5S/c1-33-19-11-14(7-10-17(19)29)21-20-16(3-2-4-18(20)30)24-22-25-23(26-27(21)22)34-12-13-5-8-15(9-6-13)28(31)32/h5-11,21,29H,2-4,12H2,1H3,(H,24,25,26). The first kappa shape index (κ1) is 22.0. The molecule has 11 heteroatoms. The number of carbonyl (C=O) groups is 1. The number of nitro groups is 1. The number of Topliss-reactive ketones (excluding diaryl/α,β-unsaturated/α-hetero) is 1. The lowest BCUT2D eigenvalue weighted by molar-refractivity contribution is -0.384. The Morgan fingerprint density at radius 1 is 1.26 bits per heavy atom. The lowest BCUT2D eigenvalue weighted by atomic mass is 9.85. The molecule has 1 aliphatic heterocycles. The van der Waals surface area contributed by atoms with Crippen molar-refractivity contribution in [1.29, 1.82) is 0 Å². The first-order valence-corrected chi connectivity index (χ1v) is 11.7.